The van der Waals surface area contributed by atoms with Gasteiger partial charge in [-0.05, 0) is 37.3 Å². The fourth-order valence-electron chi connectivity index (χ4n) is 3.74. The highest BCUT2D eigenvalue weighted by atomic mass is 32.2. The van der Waals surface area contributed by atoms with E-state index in [1.54, 1.807) is 13.1 Å². The van der Waals surface area contributed by atoms with Crippen LogP contribution in [-0.2, 0) is 10.0 Å². The van der Waals surface area contributed by atoms with E-state index in [0.717, 1.165) is 38.8 Å². The number of nitrogens with zero attached hydrogens (tertiary/aromatic N) is 2. The summed E-state index contributed by atoms with van der Waals surface area (Å²) in [4.78, 5) is 4.82. The molecule has 0 saturated heterocycles. The number of fused-ring (bicyclic) bond motifs is 2. The van der Waals surface area contributed by atoms with Crippen LogP contribution in [0.2, 0.25) is 0 Å². The zero-order chi connectivity index (χ0) is 20.0. The van der Waals surface area contributed by atoms with Crippen LogP contribution in [0.5, 0.6) is 0 Å². The average Bonchev–Trinajstić information content (AvgIpc) is 3.40. The lowest BCUT2D eigenvalue weighted by Gasteiger charge is -2.09. The smallest absolute Gasteiger partial charge is 0.238 e. The second-order valence-corrected chi connectivity index (χ2v) is 9.14. The van der Waals surface area contributed by atoms with Crippen molar-refractivity contribution in [1.29, 1.82) is 0 Å². The van der Waals surface area contributed by atoms with E-state index in [4.69, 9.17) is 4.98 Å². The molecular weight excluding hydrogens is 384 g/mol. The second kappa shape index (κ2) is 6.72. The van der Waals surface area contributed by atoms with Gasteiger partial charge in [-0.1, -0.05) is 30.3 Å². The molecule has 0 unspecified atom stereocenters. The number of benzene rings is 2. The Bertz CT molecular complexity index is 1390. The van der Waals surface area contributed by atoms with Crippen LogP contribution in [0.25, 0.3) is 33.1 Å². The van der Waals surface area contributed by atoms with Gasteiger partial charge in [-0.2, -0.15) is 0 Å². The number of aromatic nitrogens is 2. The lowest BCUT2D eigenvalue weighted by Crippen LogP contribution is -2.23. The summed E-state index contributed by atoms with van der Waals surface area (Å²) >= 11 is 0. The standard InChI is InChI=1S/C22H20N4O2S/c1-2-29(27,28)26-12-11-16-13-17(8-10-21(16)26)22-18(14-23-25-22)20-9-7-15-5-3-4-6-19(15)24-20/h3-13,23,25H,2,14H2,1H3. The Hall–Kier alpha value is -3.16. The number of para-hydroxylation sites is 1. The van der Waals surface area contributed by atoms with E-state index < -0.39 is 10.0 Å². The van der Waals surface area contributed by atoms with Gasteiger partial charge in [-0.25, -0.2) is 22.8 Å². The Labute approximate surface area is 168 Å². The SMILES string of the molecule is CCS(=O)(=O)n1ccc2cc(C3=C(c4ccc5ccccc5n4)CNN3)ccc21. The maximum atomic E-state index is 12.3. The van der Waals surface area contributed by atoms with Gasteiger partial charge in [0.2, 0.25) is 10.0 Å². The molecule has 29 heavy (non-hydrogen) atoms. The quantitative estimate of drug-likeness (QED) is 0.545. The van der Waals surface area contributed by atoms with E-state index in [1.165, 1.54) is 3.97 Å². The molecule has 4 aromatic rings. The summed E-state index contributed by atoms with van der Waals surface area (Å²) in [6.07, 6.45) is 1.62. The maximum absolute atomic E-state index is 12.3. The minimum Gasteiger partial charge on any atom is -0.320 e. The summed E-state index contributed by atoms with van der Waals surface area (Å²) in [6, 6.07) is 19.8. The molecule has 7 heteroatoms. The predicted octanol–water partition coefficient (Wildman–Crippen LogP) is 3.36. The molecule has 0 saturated carbocycles. The average molecular weight is 404 g/mol. The Morgan fingerprint density at radius 3 is 2.76 bits per heavy atom. The van der Waals surface area contributed by atoms with Crippen molar-refractivity contribution in [3.8, 4) is 0 Å². The van der Waals surface area contributed by atoms with E-state index in [-0.39, 0.29) is 5.75 Å². The van der Waals surface area contributed by atoms with Crippen LogP contribution in [0.1, 0.15) is 18.2 Å². The summed E-state index contributed by atoms with van der Waals surface area (Å²) in [5.41, 5.74) is 12.0. The Kier molecular flexibility index (Phi) is 4.15. The van der Waals surface area contributed by atoms with Gasteiger partial charge in [0.05, 0.1) is 28.2 Å². The molecule has 5 rings (SSSR count). The van der Waals surface area contributed by atoms with Gasteiger partial charge < -0.3 is 5.43 Å². The molecule has 0 fully saturated rings. The third kappa shape index (κ3) is 2.99. The van der Waals surface area contributed by atoms with Gasteiger partial charge in [-0.15, -0.1) is 0 Å². The summed E-state index contributed by atoms with van der Waals surface area (Å²) in [5.74, 6) is 0.0624. The zero-order valence-corrected chi connectivity index (χ0v) is 16.7. The first-order valence-electron chi connectivity index (χ1n) is 9.50. The molecule has 2 N–H and O–H groups in total. The Balaban J connectivity index is 1.62. The normalized spacial score (nSPS) is 14.7. The summed E-state index contributed by atoms with van der Waals surface area (Å²) in [6.45, 7) is 2.31. The summed E-state index contributed by atoms with van der Waals surface area (Å²) in [7, 11) is -3.32. The van der Waals surface area contributed by atoms with Gasteiger partial charge in [0, 0.05) is 34.7 Å². The van der Waals surface area contributed by atoms with Crippen molar-refractivity contribution >= 4 is 43.1 Å². The van der Waals surface area contributed by atoms with Gasteiger partial charge >= 0.3 is 0 Å². The molecule has 2 aromatic heterocycles. The van der Waals surface area contributed by atoms with Crippen LogP contribution < -0.4 is 10.9 Å². The molecule has 0 aliphatic carbocycles. The van der Waals surface area contributed by atoms with Gasteiger partial charge in [0.15, 0.2) is 0 Å². The largest absolute Gasteiger partial charge is 0.320 e. The molecule has 0 radical (unpaired) electrons. The van der Waals surface area contributed by atoms with E-state index in [9.17, 15) is 8.42 Å². The molecule has 0 atom stereocenters. The van der Waals surface area contributed by atoms with Crippen molar-refractivity contribution in [3.05, 3.63) is 78.1 Å². The van der Waals surface area contributed by atoms with E-state index in [0.29, 0.717) is 12.1 Å². The fraction of sp³-hybridized carbons (Fsp3) is 0.136. The molecular formula is C22H20N4O2S. The van der Waals surface area contributed by atoms with Crippen LogP contribution in [0, 0.1) is 0 Å². The van der Waals surface area contributed by atoms with Crippen LogP contribution in [0.3, 0.4) is 0 Å². The third-order valence-corrected chi connectivity index (χ3v) is 6.94. The van der Waals surface area contributed by atoms with Crippen molar-refractivity contribution in [2.24, 2.45) is 0 Å². The fourth-order valence-corrected chi connectivity index (χ4v) is 4.73. The zero-order valence-electron chi connectivity index (χ0n) is 15.9. The Morgan fingerprint density at radius 2 is 1.90 bits per heavy atom. The van der Waals surface area contributed by atoms with Gasteiger partial charge in [0.1, 0.15) is 0 Å². The molecule has 6 nitrogen and oxygen atoms in total. The van der Waals surface area contributed by atoms with Crippen molar-refractivity contribution in [2.45, 2.75) is 6.92 Å². The maximum Gasteiger partial charge on any atom is 0.238 e. The number of hydrogen-bond acceptors (Lipinski definition) is 5. The predicted molar refractivity (Wildman–Crippen MR) is 116 cm³/mol. The lowest BCUT2D eigenvalue weighted by atomic mass is 10.0. The molecule has 0 amide bonds. The molecule has 3 heterocycles. The summed E-state index contributed by atoms with van der Waals surface area (Å²) < 4.78 is 25.9. The van der Waals surface area contributed by atoms with Crippen molar-refractivity contribution in [3.63, 3.8) is 0 Å². The third-order valence-electron chi connectivity index (χ3n) is 5.30. The minimum atomic E-state index is -3.32. The Morgan fingerprint density at radius 1 is 1.03 bits per heavy atom. The van der Waals surface area contributed by atoms with Gasteiger partial charge in [-0.3, -0.25) is 0 Å². The number of hydrogen-bond donors (Lipinski definition) is 2. The minimum absolute atomic E-state index is 0.0624. The molecule has 1 aliphatic rings. The van der Waals surface area contributed by atoms with E-state index in [1.807, 2.05) is 48.5 Å². The molecule has 1 aliphatic heterocycles. The molecule has 146 valence electrons. The van der Waals surface area contributed by atoms with Crippen LogP contribution in [0.4, 0.5) is 0 Å². The monoisotopic (exact) mass is 404 g/mol. The van der Waals surface area contributed by atoms with Crippen LogP contribution in [-0.4, -0.2) is 29.7 Å². The first-order chi connectivity index (χ1) is 14.1. The van der Waals surface area contributed by atoms with Crippen LogP contribution >= 0.6 is 0 Å². The van der Waals surface area contributed by atoms with Gasteiger partial charge in [0.25, 0.3) is 0 Å². The molecule has 2 aromatic carbocycles. The van der Waals surface area contributed by atoms with Crippen molar-refractivity contribution in [1.82, 2.24) is 19.8 Å². The first-order valence-corrected chi connectivity index (χ1v) is 11.1. The van der Waals surface area contributed by atoms with Crippen molar-refractivity contribution < 1.29 is 8.42 Å². The lowest BCUT2D eigenvalue weighted by molar-refractivity contribution is 0.590. The number of nitrogens with one attached hydrogen (secondary N) is 2. The van der Waals surface area contributed by atoms with E-state index >= 15 is 0 Å². The number of rotatable bonds is 4. The van der Waals surface area contributed by atoms with E-state index in [2.05, 4.69) is 23.0 Å². The first kappa shape index (κ1) is 17.9. The highest BCUT2D eigenvalue weighted by Gasteiger charge is 2.20. The highest BCUT2D eigenvalue weighted by Crippen LogP contribution is 2.29. The second-order valence-electron chi connectivity index (χ2n) is 7.01. The number of pyridine rings is 1. The summed E-state index contributed by atoms with van der Waals surface area (Å²) in [5, 5.41) is 1.99. The number of hydrazine groups is 1. The van der Waals surface area contributed by atoms with Crippen LogP contribution in [0.15, 0.2) is 66.9 Å². The molecule has 0 spiro atoms. The highest BCUT2D eigenvalue weighted by molar-refractivity contribution is 7.90. The molecule has 0 bridgehead atoms. The van der Waals surface area contributed by atoms with Crippen molar-refractivity contribution in [2.75, 3.05) is 12.3 Å². The topological polar surface area (TPSA) is 76.0 Å².